The summed E-state index contributed by atoms with van der Waals surface area (Å²) in [4.78, 5) is 36.3. The summed E-state index contributed by atoms with van der Waals surface area (Å²) in [7, 11) is 0. The minimum atomic E-state index is -0.579. The van der Waals surface area contributed by atoms with Gasteiger partial charge in [0.15, 0.2) is 6.61 Å². The van der Waals surface area contributed by atoms with Crippen LogP contribution in [0, 0.1) is 0 Å². The van der Waals surface area contributed by atoms with Crippen molar-refractivity contribution in [2.45, 2.75) is 32.4 Å². The Hall–Kier alpha value is -2.09. The maximum atomic E-state index is 12.1. The standard InChI is InChI=1S/C19H20Cl2N2O4S/c1-11(13-5-6-14(20)15(21)8-13)22-18(25)10-27-19(26)9-16(23-12(2)24)17-4-3-7-28-17/h3-8,11,16H,9-10H2,1-2H3,(H,22,25)(H,23,24). The van der Waals surface area contributed by atoms with Gasteiger partial charge in [0, 0.05) is 11.8 Å². The van der Waals surface area contributed by atoms with Gasteiger partial charge in [-0.3, -0.25) is 14.4 Å². The maximum Gasteiger partial charge on any atom is 0.308 e. The highest BCUT2D eigenvalue weighted by Gasteiger charge is 2.20. The van der Waals surface area contributed by atoms with Gasteiger partial charge in [0.05, 0.1) is 28.5 Å². The first-order valence-corrected chi connectivity index (χ1v) is 10.1. The SMILES string of the molecule is CC(=O)NC(CC(=O)OCC(=O)NC(C)c1ccc(Cl)c(Cl)c1)c1cccs1. The summed E-state index contributed by atoms with van der Waals surface area (Å²) in [5.41, 5.74) is 0.775. The fraction of sp³-hybridized carbons (Fsp3) is 0.316. The predicted molar refractivity (Wildman–Crippen MR) is 109 cm³/mol. The molecule has 0 spiro atoms. The number of hydrogen-bond donors (Lipinski definition) is 2. The molecule has 0 aliphatic heterocycles. The van der Waals surface area contributed by atoms with E-state index in [1.807, 2.05) is 17.5 Å². The average molecular weight is 443 g/mol. The number of thiophene rings is 1. The topological polar surface area (TPSA) is 84.5 Å². The smallest absolute Gasteiger partial charge is 0.308 e. The van der Waals surface area contributed by atoms with Gasteiger partial charge in [-0.1, -0.05) is 35.3 Å². The molecular formula is C19H20Cl2N2O4S. The van der Waals surface area contributed by atoms with Crippen LogP contribution in [0.3, 0.4) is 0 Å². The zero-order valence-electron chi connectivity index (χ0n) is 15.3. The number of rotatable bonds is 8. The molecule has 0 aliphatic carbocycles. The van der Waals surface area contributed by atoms with Gasteiger partial charge in [-0.2, -0.15) is 0 Å². The highest BCUT2D eigenvalue weighted by Crippen LogP contribution is 2.25. The molecule has 2 N–H and O–H groups in total. The first-order chi connectivity index (χ1) is 13.3. The molecule has 2 aromatic rings. The zero-order chi connectivity index (χ0) is 20.7. The predicted octanol–water partition coefficient (Wildman–Crippen LogP) is 4.04. The van der Waals surface area contributed by atoms with Crippen molar-refractivity contribution in [3.05, 3.63) is 56.2 Å². The van der Waals surface area contributed by atoms with Crippen LogP contribution in [0.1, 0.15) is 42.8 Å². The van der Waals surface area contributed by atoms with Crippen LogP contribution in [-0.4, -0.2) is 24.4 Å². The molecule has 150 valence electrons. The third-order valence-electron chi connectivity index (χ3n) is 3.82. The van der Waals surface area contributed by atoms with E-state index in [0.29, 0.717) is 10.0 Å². The van der Waals surface area contributed by atoms with Crippen LogP contribution in [0.4, 0.5) is 0 Å². The molecule has 0 aliphatic rings. The van der Waals surface area contributed by atoms with E-state index in [9.17, 15) is 14.4 Å². The van der Waals surface area contributed by atoms with Crippen LogP contribution in [0.25, 0.3) is 0 Å². The van der Waals surface area contributed by atoms with Crippen molar-refractivity contribution in [3.63, 3.8) is 0 Å². The summed E-state index contributed by atoms with van der Waals surface area (Å²) in [6.45, 7) is 2.74. The van der Waals surface area contributed by atoms with Crippen LogP contribution < -0.4 is 10.6 Å². The average Bonchev–Trinajstić information content (AvgIpc) is 3.16. The number of esters is 1. The van der Waals surface area contributed by atoms with Crippen molar-refractivity contribution >= 4 is 52.3 Å². The number of amides is 2. The summed E-state index contributed by atoms with van der Waals surface area (Å²) in [5, 5.41) is 8.11. The molecule has 28 heavy (non-hydrogen) atoms. The van der Waals surface area contributed by atoms with E-state index in [2.05, 4.69) is 10.6 Å². The summed E-state index contributed by atoms with van der Waals surface area (Å²) in [6, 6.07) is 7.91. The lowest BCUT2D eigenvalue weighted by Crippen LogP contribution is -2.32. The Kier molecular flexibility index (Phi) is 8.29. The summed E-state index contributed by atoms with van der Waals surface area (Å²) < 4.78 is 5.05. The Morgan fingerprint density at radius 1 is 1.14 bits per heavy atom. The second-order valence-corrected chi connectivity index (χ2v) is 7.89. The molecular weight excluding hydrogens is 423 g/mol. The molecule has 2 unspecified atom stereocenters. The molecule has 6 nitrogen and oxygen atoms in total. The molecule has 0 saturated heterocycles. The molecule has 2 atom stereocenters. The molecule has 0 radical (unpaired) electrons. The van der Waals surface area contributed by atoms with Gasteiger partial charge in [-0.05, 0) is 36.1 Å². The molecule has 1 aromatic heterocycles. The quantitative estimate of drug-likeness (QED) is 0.603. The van der Waals surface area contributed by atoms with E-state index in [-0.39, 0.29) is 18.4 Å². The summed E-state index contributed by atoms with van der Waals surface area (Å²) in [6.07, 6.45) is -0.0598. The number of nitrogens with one attached hydrogen (secondary N) is 2. The van der Waals surface area contributed by atoms with Gasteiger partial charge >= 0.3 is 5.97 Å². The van der Waals surface area contributed by atoms with Gasteiger partial charge in [-0.25, -0.2) is 0 Å². The lowest BCUT2D eigenvalue weighted by atomic mass is 10.1. The summed E-state index contributed by atoms with van der Waals surface area (Å²) in [5.74, 6) is -1.27. The van der Waals surface area contributed by atoms with Crippen molar-refractivity contribution in [1.82, 2.24) is 10.6 Å². The Bertz CT molecular complexity index is 842. The third kappa shape index (κ3) is 6.82. The fourth-order valence-corrected chi connectivity index (χ4v) is 3.56. The number of carbonyl (C=O) groups is 3. The first-order valence-electron chi connectivity index (χ1n) is 8.46. The molecule has 2 rings (SSSR count). The van der Waals surface area contributed by atoms with Crippen molar-refractivity contribution in [3.8, 4) is 0 Å². The Balaban J connectivity index is 1.84. The van der Waals surface area contributed by atoms with Crippen molar-refractivity contribution in [1.29, 1.82) is 0 Å². The van der Waals surface area contributed by atoms with Gasteiger partial charge < -0.3 is 15.4 Å². The van der Waals surface area contributed by atoms with E-state index >= 15 is 0 Å². The summed E-state index contributed by atoms with van der Waals surface area (Å²) >= 11 is 13.3. The number of halogens is 2. The van der Waals surface area contributed by atoms with E-state index in [4.69, 9.17) is 27.9 Å². The van der Waals surface area contributed by atoms with Crippen molar-refractivity contribution in [2.75, 3.05) is 6.61 Å². The minimum absolute atomic E-state index is 0.0598. The van der Waals surface area contributed by atoms with E-state index in [0.717, 1.165) is 10.4 Å². The number of hydrogen-bond acceptors (Lipinski definition) is 5. The lowest BCUT2D eigenvalue weighted by Gasteiger charge is -2.17. The largest absolute Gasteiger partial charge is 0.456 e. The lowest BCUT2D eigenvalue weighted by molar-refractivity contribution is -0.149. The van der Waals surface area contributed by atoms with Crippen LogP contribution in [0.15, 0.2) is 35.7 Å². The van der Waals surface area contributed by atoms with Crippen molar-refractivity contribution in [2.24, 2.45) is 0 Å². The van der Waals surface area contributed by atoms with Crippen LogP contribution in [0.2, 0.25) is 10.0 Å². The van der Waals surface area contributed by atoms with Crippen LogP contribution >= 0.6 is 34.5 Å². The van der Waals surface area contributed by atoms with E-state index < -0.39 is 24.5 Å². The number of benzene rings is 1. The number of carbonyl (C=O) groups excluding carboxylic acids is 3. The minimum Gasteiger partial charge on any atom is -0.456 e. The Labute approximate surface area is 177 Å². The van der Waals surface area contributed by atoms with Crippen LogP contribution in [0.5, 0.6) is 0 Å². The normalized spacial score (nSPS) is 12.7. The molecule has 0 saturated carbocycles. The highest BCUT2D eigenvalue weighted by atomic mass is 35.5. The molecule has 9 heteroatoms. The number of ether oxygens (including phenoxy) is 1. The third-order valence-corrected chi connectivity index (χ3v) is 5.55. The maximum absolute atomic E-state index is 12.1. The second kappa shape index (κ2) is 10.5. The van der Waals surface area contributed by atoms with Crippen molar-refractivity contribution < 1.29 is 19.1 Å². The molecule has 1 aromatic carbocycles. The molecule has 2 amide bonds. The van der Waals surface area contributed by atoms with E-state index in [1.165, 1.54) is 18.3 Å². The first kappa shape index (κ1) is 22.2. The highest BCUT2D eigenvalue weighted by molar-refractivity contribution is 7.10. The van der Waals surface area contributed by atoms with Gasteiger partial charge in [0.2, 0.25) is 5.91 Å². The molecule has 1 heterocycles. The van der Waals surface area contributed by atoms with Crippen LogP contribution in [-0.2, 0) is 19.1 Å². The van der Waals surface area contributed by atoms with E-state index in [1.54, 1.807) is 25.1 Å². The van der Waals surface area contributed by atoms with Gasteiger partial charge in [-0.15, -0.1) is 11.3 Å². The monoisotopic (exact) mass is 442 g/mol. The zero-order valence-corrected chi connectivity index (χ0v) is 17.7. The molecule has 0 fully saturated rings. The van der Waals surface area contributed by atoms with Gasteiger partial charge in [0.25, 0.3) is 5.91 Å². The molecule has 0 bridgehead atoms. The second-order valence-electron chi connectivity index (χ2n) is 6.10. The van der Waals surface area contributed by atoms with Gasteiger partial charge in [0.1, 0.15) is 0 Å². The Morgan fingerprint density at radius 2 is 1.89 bits per heavy atom. The fourth-order valence-electron chi connectivity index (χ4n) is 2.48. The Morgan fingerprint density at radius 3 is 2.50 bits per heavy atom.